The maximum Gasteiger partial charge on any atom is 0.327 e. The molecule has 0 saturated carbocycles. The van der Waals surface area contributed by atoms with Crippen molar-refractivity contribution in [2.75, 3.05) is 39.8 Å². The molecule has 10 nitrogen and oxygen atoms in total. The van der Waals surface area contributed by atoms with E-state index in [0.717, 1.165) is 25.7 Å². The van der Waals surface area contributed by atoms with E-state index in [0.29, 0.717) is 13.2 Å². The molecule has 2 aliphatic heterocycles. The van der Waals surface area contributed by atoms with Gasteiger partial charge in [-0.2, -0.15) is 0 Å². The molecule has 2 saturated heterocycles. The predicted octanol–water partition coefficient (Wildman–Crippen LogP) is 1.34. The molecule has 0 aliphatic carbocycles. The number of carbonyl (C=O) groups excluding carboxylic acids is 2. The molecule has 2 atom stereocenters. The lowest BCUT2D eigenvalue weighted by molar-refractivity contribution is 0.00785. The third-order valence-electron chi connectivity index (χ3n) is 5.18. The molecule has 0 aromatic heterocycles. The number of aliphatic hydroxyl groups excluding tert-OH is 2. The second-order valence-electron chi connectivity index (χ2n) is 7.45. The Kier molecular flexibility index (Phi) is 11.3. The molecule has 2 rings (SSSR count). The van der Waals surface area contributed by atoms with Gasteiger partial charge in [0.2, 0.25) is 0 Å². The number of hydrogen-bond acceptors (Lipinski definition) is 6. The average Bonchev–Trinajstić information content (AvgIpc) is 3.25. The fourth-order valence-electron chi connectivity index (χ4n) is 3.56. The topological polar surface area (TPSA) is 106 Å². The summed E-state index contributed by atoms with van der Waals surface area (Å²) in [6.45, 7) is 5.04. The van der Waals surface area contributed by atoms with Crippen LogP contribution in [0.4, 0.5) is 9.59 Å². The lowest BCUT2D eigenvalue weighted by atomic mass is 10.3. The minimum Gasteiger partial charge on any atom is -0.461 e. The number of nitrogens with zero attached hydrogens (tertiary/aromatic N) is 4. The highest BCUT2D eigenvalue weighted by Crippen LogP contribution is 2.34. The number of fused-ring (bicyclic) bond motifs is 1. The Balaban J connectivity index is 2.35. The zero-order chi connectivity index (χ0) is 24.8. The number of unbranched alkanes of at least 4 members (excludes halogenated alkanes) is 2. The molecule has 0 aromatic carbocycles. The van der Waals surface area contributed by atoms with Crippen LogP contribution in [0, 0.1) is 47.7 Å². The Morgan fingerprint density at radius 1 is 0.706 bits per heavy atom. The van der Waals surface area contributed by atoms with Crippen LogP contribution in [0.2, 0.25) is 0 Å². The minimum absolute atomic E-state index is 0.00855. The van der Waals surface area contributed by atoms with Crippen molar-refractivity contribution in [3.05, 3.63) is 0 Å². The molecule has 0 aromatic rings. The summed E-state index contributed by atoms with van der Waals surface area (Å²) in [7, 11) is 0. The molecular formula is C24H30N4O6. The van der Waals surface area contributed by atoms with Gasteiger partial charge in [-0.15, -0.1) is 0 Å². The fraction of sp³-hybridized carbons (Fsp3) is 0.583. The highest BCUT2D eigenvalue weighted by Gasteiger charge is 2.59. The summed E-state index contributed by atoms with van der Waals surface area (Å²) < 4.78 is 11.4. The van der Waals surface area contributed by atoms with Crippen molar-refractivity contribution >= 4 is 12.1 Å². The lowest BCUT2D eigenvalue weighted by Crippen LogP contribution is -2.47. The van der Waals surface area contributed by atoms with Crippen LogP contribution in [-0.4, -0.2) is 94.0 Å². The third kappa shape index (κ3) is 6.65. The number of carbonyl (C=O) groups is 2. The molecule has 182 valence electrons. The van der Waals surface area contributed by atoms with Crippen LogP contribution < -0.4 is 0 Å². The summed E-state index contributed by atoms with van der Waals surface area (Å²) in [4.78, 5) is 32.5. The first kappa shape index (κ1) is 26.6. The Labute approximate surface area is 200 Å². The average molecular weight is 471 g/mol. The lowest BCUT2D eigenvalue weighted by Gasteiger charge is -2.28. The van der Waals surface area contributed by atoms with Gasteiger partial charge in [0.25, 0.3) is 0 Å². The summed E-state index contributed by atoms with van der Waals surface area (Å²) in [5.74, 6) is 14.8. The van der Waals surface area contributed by atoms with E-state index in [9.17, 15) is 9.59 Å². The fourth-order valence-corrected chi connectivity index (χ4v) is 3.56. The number of hydrogen-bond donors (Lipinski definition) is 2. The van der Waals surface area contributed by atoms with Crippen molar-refractivity contribution in [1.29, 1.82) is 0 Å². The largest absolute Gasteiger partial charge is 0.461 e. The first-order chi connectivity index (χ1) is 16.6. The SMILES string of the molecule is CCCCOCN1C(=O)N(COCCCC)C2C1N(CC#CC#CO)C(=O)N2CC#CC#CO. The zero-order valence-corrected chi connectivity index (χ0v) is 19.5. The first-order valence-electron chi connectivity index (χ1n) is 11.2. The number of amides is 4. The van der Waals surface area contributed by atoms with Crippen LogP contribution in [0.3, 0.4) is 0 Å². The summed E-state index contributed by atoms with van der Waals surface area (Å²) in [5.41, 5.74) is 0. The predicted molar refractivity (Wildman–Crippen MR) is 122 cm³/mol. The molecule has 2 heterocycles. The second kappa shape index (κ2) is 14.4. The molecule has 0 spiro atoms. The van der Waals surface area contributed by atoms with Crippen LogP contribution in [0.1, 0.15) is 39.5 Å². The quantitative estimate of drug-likeness (QED) is 0.329. The standard InChI is InChI=1S/C24H30N4O6/c1-3-5-17-33-19-27-21-22(28(24(27)32)20-34-18-6-4-2)26(14-10-8-12-16-30)23(31)25(21)13-9-7-11-15-29/h21-22,29-30H,3-6,13-14,17-20H2,1-2H3. The second-order valence-corrected chi connectivity index (χ2v) is 7.45. The van der Waals surface area contributed by atoms with E-state index in [4.69, 9.17) is 19.7 Å². The molecule has 2 fully saturated rings. The van der Waals surface area contributed by atoms with Crippen molar-refractivity contribution < 1.29 is 29.3 Å². The van der Waals surface area contributed by atoms with Gasteiger partial charge in [-0.1, -0.05) is 38.5 Å². The van der Waals surface area contributed by atoms with Crippen LogP contribution in [0.25, 0.3) is 0 Å². The zero-order valence-electron chi connectivity index (χ0n) is 19.5. The van der Waals surface area contributed by atoms with Crippen LogP contribution in [0.5, 0.6) is 0 Å². The number of aliphatic hydroxyl groups is 2. The van der Waals surface area contributed by atoms with Gasteiger partial charge in [0, 0.05) is 25.1 Å². The Bertz CT molecular complexity index is 881. The van der Waals surface area contributed by atoms with E-state index >= 15 is 0 Å². The maximum absolute atomic E-state index is 13.3. The van der Waals surface area contributed by atoms with Crippen molar-refractivity contribution in [3.63, 3.8) is 0 Å². The molecule has 10 heteroatoms. The van der Waals surface area contributed by atoms with Gasteiger partial charge in [0.15, 0.2) is 12.3 Å². The first-order valence-corrected chi connectivity index (χ1v) is 11.2. The summed E-state index contributed by atoms with van der Waals surface area (Å²) in [5, 5.41) is 17.3. The maximum atomic E-state index is 13.3. The van der Waals surface area contributed by atoms with Gasteiger partial charge >= 0.3 is 12.1 Å². The van der Waals surface area contributed by atoms with Gasteiger partial charge in [-0.05, 0) is 24.7 Å². The van der Waals surface area contributed by atoms with E-state index in [1.165, 1.54) is 19.6 Å². The van der Waals surface area contributed by atoms with Gasteiger partial charge in [-0.25, -0.2) is 9.59 Å². The molecule has 2 aliphatic rings. The third-order valence-corrected chi connectivity index (χ3v) is 5.18. The summed E-state index contributed by atoms with van der Waals surface area (Å²) >= 11 is 0. The van der Waals surface area contributed by atoms with Crippen molar-refractivity contribution in [1.82, 2.24) is 19.6 Å². The molecule has 34 heavy (non-hydrogen) atoms. The van der Waals surface area contributed by atoms with Crippen LogP contribution in [-0.2, 0) is 9.47 Å². The van der Waals surface area contributed by atoms with Crippen molar-refractivity contribution in [2.24, 2.45) is 0 Å². The highest BCUT2D eigenvalue weighted by atomic mass is 16.5. The Morgan fingerprint density at radius 3 is 1.50 bits per heavy atom. The van der Waals surface area contributed by atoms with E-state index < -0.39 is 12.3 Å². The highest BCUT2D eigenvalue weighted by molar-refractivity contribution is 5.85. The van der Waals surface area contributed by atoms with Crippen molar-refractivity contribution in [3.8, 4) is 47.7 Å². The molecule has 0 radical (unpaired) electrons. The van der Waals surface area contributed by atoms with Crippen molar-refractivity contribution in [2.45, 2.75) is 51.9 Å². The number of rotatable bonds is 12. The molecule has 2 N–H and O–H groups in total. The number of ether oxygens (including phenoxy) is 2. The molecule has 0 bridgehead atoms. The van der Waals surface area contributed by atoms with Gasteiger partial charge in [0.1, 0.15) is 25.7 Å². The summed E-state index contributed by atoms with van der Waals surface area (Å²) in [6.07, 6.45) is 5.63. The Hall–Kier alpha value is -3.70. The van der Waals surface area contributed by atoms with Gasteiger partial charge in [-0.3, -0.25) is 19.6 Å². The number of urea groups is 2. The van der Waals surface area contributed by atoms with Crippen LogP contribution in [0.15, 0.2) is 0 Å². The Morgan fingerprint density at radius 2 is 1.12 bits per heavy atom. The molecule has 2 unspecified atom stereocenters. The smallest absolute Gasteiger partial charge is 0.327 e. The molecule has 4 amide bonds. The molecular weight excluding hydrogens is 440 g/mol. The minimum atomic E-state index is -0.682. The van der Waals surface area contributed by atoms with Gasteiger partial charge in [0.05, 0.1) is 13.1 Å². The van der Waals surface area contributed by atoms with E-state index in [2.05, 4.69) is 35.5 Å². The van der Waals surface area contributed by atoms with E-state index in [-0.39, 0.29) is 38.6 Å². The normalized spacial score (nSPS) is 18.3. The van der Waals surface area contributed by atoms with E-state index in [1.807, 2.05) is 13.8 Å². The van der Waals surface area contributed by atoms with Gasteiger partial charge < -0.3 is 19.7 Å². The summed E-state index contributed by atoms with van der Waals surface area (Å²) in [6, 6.07) is -0.700. The van der Waals surface area contributed by atoms with E-state index in [1.54, 1.807) is 12.2 Å². The van der Waals surface area contributed by atoms with Crippen LogP contribution >= 0.6 is 0 Å². The monoisotopic (exact) mass is 470 g/mol.